The molecule has 144 valence electrons. The van der Waals surface area contributed by atoms with Gasteiger partial charge in [-0.1, -0.05) is 48.5 Å². The molecule has 3 aromatic rings. The lowest BCUT2D eigenvalue weighted by molar-refractivity contribution is -0.129. The largest absolute Gasteiger partial charge is 0.488 e. The molecule has 0 radical (unpaired) electrons. The Bertz CT molecular complexity index is 1140. The van der Waals surface area contributed by atoms with Crippen molar-refractivity contribution in [3.05, 3.63) is 103 Å². The van der Waals surface area contributed by atoms with E-state index in [1.54, 1.807) is 6.08 Å². The number of cyclic esters (lactones) is 1. The lowest BCUT2D eigenvalue weighted by atomic mass is 10.1. The molecule has 0 bridgehead atoms. The summed E-state index contributed by atoms with van der Waals surface area (Å²) in [5, 5.41) is 0. The third-order valence-corrected chi connectivity index (χ3v) is 6.02. The highest BCUT2D eigenvalue weighted by atomic mass is 127. The summed E-state index contributed by atoms with van der Waals surface area (Å²) in [5.74, 6) is 0.478. The molecule has 0 aromatic heterocycles. The van der Waals surface area contributed by atoms with Gasteiger partial charge in [0.2, 0.25) is 5.90 Å². The van der Waals surface area contributed by atoms with Crippen molar-refractivity contribution in [2.75, 3.05) is 0 Å². The summed E-state index contributed by atoms with van der Waals surface area (Å²) < 4.78 is 13.3. The van der Waals surface area contributed by atoms with Crippen molar-refractivity contribution >= 4 is 56.5 Å². The van der Waals surface area contributed by atoms with E-state index in [2.05, 4.69) is 43.5 Å². The van der Waals surface area contributed by atoms with Gasteiger partial charge in [0.25, 0.3) is 0 Å². The zero-order valence-corrected chi connectivity index (χ0v) is 18.9. The highest BCUT2D eigenvalue weighted by Crippen LogP contribution is 2.27. The molecule has 0 aliphatic carbocycles. The van der Waals surface area contributed by atoms with E-state index in [-0.39, 0.29) is 11.6 Å². The minimum atomic E-state index is -0.483. The predicted molar refractivity (Wildman–Crippen MR) is 125 cm³/mol. The van der Waals surface area contributed by atoms with Crippen molar-refractivity contribution in [1.82, 2.24) is 0 Å². The van der Waals surface area contributed by atoms with Gasteiger partial charge in [-0.05, 0) is 68.9 Å². The smallest absolute Gasteiger partial charge is 0.363 e. The average Bonchev–Trinajstić information content (AvgIpc) is 3.09. The number of rotatable bonds is 5. The van der Waals surface area contributed by atoms with E-state index < -0.39 is 5.97 Å². The first-order valence-corrected chi connectivity index (χ1v) is 10.7. The van der Waals surface area contributed by atoms with E-state index in [0.717, 1.165) is 24.7 Å². The predicted octanol–water partition coefficient (Wildman–Crippen LogP) is 5.98. The van der Waals surface area contributed by atoms with Crippen LogP contribution in [-0.2, 0) is 16.1 Å². The standard InChI is InChI=1S/C23H15BrINO3/c24-18-10-4-3-9-17(18)22-26-20(23(27)29-22)13-15-7-2-6-12-21(15)28-14-16-8-1-5-11-19(16)25/h1-13H,14H2/b20-13-. The average molecular weight is 560 g/mol. The molecule has 6 heteroatoms. The van der Waals surface area contributed by atoms with E-state index in [9.17, 15) is 4.79 Å². The Morgan fingerprint density at radius 1 is 1.00 bits per heavy atom. The number of hydrogen-bond donors (Lipinski definition) is 0. The van der Waals surface area contributed by atoms with Crippen LogP contribution in [0.25, 0.3) is 6.08 Å². The van der Waals surface area contributed by atoms with Gasteiger partial charge in [0.05, 0.1) is 5.56 Å². The lowest BCUT2D eigenvalue weighted by Gasteiger charge is -2.10. The summed E-state index contributed by atoms with van der Waals surface area (Å²) in [6.45, 7) is 0.440. The number of ether oxygens (including phenoxy) is 2. The Hall–Kier alpha value is -2.45. The van der Waals surface area contributed by atoms with Crippen LogP contribution in [0.4, 0.5) is 0 Å². The number of halogens is 2. The molecule has 4 rings (SSSR count). The van der Waals surface area contributed by atoms with E-state index in [4.69, 9.17) is 9.47 Å². The minimum absolute atomic E-state index is 0.237. The van der Waals surface area contributed by atoms with Crippen LogP contribution in [0.5, 0.6) is 5.75 Å². The fourth-order valence-electron chi connectivity index (χ4n) is 2.81. The van der Waals surface area contributed by atoms with Crippen molar-refractivity contribution in [2.45, 2.75) is 6.61 Å². The van der Waals surface area contributed by atoms with Crippen molar-refractivity contribution in [3.8, 4) is 5.75 Å². The minimum Gasteiger partial charge on any atom is -0.488 e. The van der Waals surface area contributed by atoms with Crippen LogP contribution in [0.1, 0.15) is 16.7 Å². The van der Waals surface area contributed by atoms with E-state index in [0.29, 0.717) is 12.4 Å². The van der Waals surface area contributed by atoms with Crippen LogP contribution < -0.4 is 4.74 Å². The van der Waals surface area contributed by atoms with Crippen LogP contribution >= 0.6 is 38.5 Å². The second-order valence-electron chi connectivity index (χ2n) is 6.23. The first-order valence-electron chi connectivity index (χ1n) is 8.84. The molecule has 0 unspecified atom stereocenters. The molecular weight excluding hydrogens is 545 g/mol. The third kappa shape index (κ3) is 4.59. The second-order valence-corrected chi connectivity index (χ2v) is 8.25. The molecule has 0 fully saturated rings. The Morgan fingerprint density at radius 2 is 1.72 bits per heavy atom. The summed E-state index contributed by atoms with van der Waals surface area (Å²) in [6, 6.07) is 23.1. The summed E-state index contributed by atoms with van der Waals surface area (Å²) in [5.41, 5.74) is 2.83. The molecule has 29 heavy (non-hydrogen) atoms. The molecule has 0 saturated heterocycles. The zero-order chi connectivity index (χ0) is 20.2. The normalized spacial score (nSPS) is 14.6. The fraction of sp³-hybridized carbons (Fsp3) is 0.0435. The summed E-state index contributed by atoms with van der Waals surface area (Å²) in [7, 11) is 0. The van der Waals surface area contributed by atoms with Gasteiger partial charge in [-0.15, -0.1) is 0 Å². The number of carbonyl (C=O) groups excluding carboxylic acids is 1. The van der Waals surface area contributed by atoms with Gasteiger partial charge in [0.1, 0.15) is 12.4 Å². The van der Waals surface area contributed by atoms with Crippen molar-refractivity contribution < 1.29 is 14.3 Å². The number of esters is 1. The quantitative estimate of drug-likeness (QED) is 0.219. The van der Waals surface area contributed by atoms with Gasteiger partial charge in [-0.2, -0.15) is 0 Å². The number of hydrogen-bond acceptors (Lipinski definition) is 4. The number of aliphatic imine (C=N–C) groups is 1. The van der Waals surface area contributed by atoms with Crippen LogP contribution in [0, 0.1) is 3.57 Å². The third-order valence-electron chi connectivity index (χ3n) is 4.28. The molecule has 0 saturated carbocycles. The van der Waals surface area contributed by atoms with Crippen molar-refractivity contribution in [1.29, 1.82) is 0 Å². The Labute approximate surface area is 190 Å². The maximum atomic E-state index is 12.3. The maximum absolute atomic E-state index is 12.3. The van der Waals surface area contributed by atoms with E-state index >= 15 is 0 Å². The first-order chi connectivity index (χ1) is 14.1. The van der Waals surface area contributed by atoms with Gasteiger partial charge in [-0.25, -0.2) is 9.79 Å². The van der Waals surface area contributed by atoms with Gasteiger partial charge < -0.3 is 9.47 Å². The molecule has 0 amide bonds. The first kappa shape index (κ1) is 19.8. The van der Waals surface area contributed by atoms with Crippen molar-refractivity contribution in [3.63, 3.8) is 0 Å². The molecule has 1 aliphatic heterocycles. The number of carbonyl (C=O) groups is 1. The van der Waals surface area contributed by atoms with Gasteiger partial charge in [0.15, 0.2) is 5.70 Å². The Morgan fingerprint density at radius 3 is 2.55 bits per heavy atom. The highest BCUT2D eigenvalue weighted by Gasteiger charge is 2.25. The Kier molecular flexibility index (Phi) is 6.10. The van der Waals surface area contributed by atoms with Gasteiger partial charge in [0, 0.05) is 19.2 Å². The lowest BCUT2D eigenvalue weighted by Crippen LogP contribution is -2.06. The van der Waals surface area contributed by atoms with E-state index in [1.807, 2.05) is 72.8 Å². The number of nitrogens with zero attached hydrogens (tertiary/aromatic N) is 1. The van der Waals surface area contributed by atoms with Crippen LogP contribution in [0.3, 0.4) is 0 Å². The second kappa shape index (κ2) is 8.92. The molecule has 1 heterocycles. The summed E-state index contributed by atoms with van der Waals surface area (Å²) >= 11 is 5.75. The van der Waals surface area contributed by atoms with Crippen LogP contribution in [-0.4, -0.2) is 11.9 Å². The molecule has 0 N–H and O–H groups in total. The van der Waals surface area contributed by atoms with Gasteiger partial charge >= 0.3 is 5.97 Å². The number of para-hydroxylation sites is 1. The fourth-order valence-corrected chi connectivity index (χ4v) is 3.81. The van der Waals surface area contributed by atoms with Crippen LogP contribution in [0.2, 0.25) is 0 Å². The van der Waals surface area contributed by atoms with Crippen molar-refractivity contribution in [2.24, 2.45) is 4.99 Å². The SMILES string of the molecule is O=C1OC(c2ccccc2Br)=N/C1=C\c1ccccc1OCc1ccccc1I. The summed E-state index contributed by atoms with van der Waals surface area (Å²) in [6.07, 6.45) is 1.69. The van der Waals surface area contributed by atoms with Gasteiger partial charge in [-0.3, -0.25) is 0 Å². The Balaban J connectivity index is 1.61. The van der Waals surface area contributed by atoms with Crippen LogP contribution in [0.15, 0.2) is 88.0 Å². The molecule has 4 nitrogen and oxygen atoms in total. The highest BCUT2D eigenvalue weighted by molar-refractivity contribution is 14.1. The topological polar surface area (TPSA) is 47.9 Å². The zero-order valence-electron chi connectivity index (χ0n) is 15.1. The summed E-state index contributed by atoms with van der Waals surface area (Å²) in [4.78, 5) is 16.7. The molecule has 3 aromatic carbocycles. The molecule has 1 aliphatic rings. The number of benzene rings is 3. The molecule has 0 atom stereocenters. The molecule has 0 spiro atoms. The maximum Gasteiger partial charge on any atom is 0.363 e. The van der Waals surface area contributed by atoms with E-state index in [1.165, 1.54) is 0 Å². The monoisotopic (exact) mass is 559 g/mol. The molecular formula is C23H15BrINO3.